The monoisotopic (exact) mass is 376 g/mol. The number of benzene rings is 2. The molecule has 2 heterocycles. The maximum absolute atomic E-state index is 10.5. The molecule has 0 aliphatic heterocycles. The Bertz CT molecular complexity index is 1090. The van der Waals surface area contributed by atoms with Crippen molar-refractivity contribution in [3.63, 3.8) is 0 Å². The molecule has 144 valence electrons. The van der Waals surface area contributed by atoms with E-state index in [9.17, 15) is 5.11 Å². The highest BCUT2D eigenvalue weighted by Gasteiger charge is 2.18. The Morgan fingerprint density at radius 2 is 1.68 bits per heavy atom. The lowest BCUT2D eigenvalue weighted by atomic mass is 10.2. The summed E-state index contributed by atoms with van der Waals surface area (Å²) in [6.45, 7) is 4.57. The zero-order chi connectivity index (χ0) is 20.1. The molecule has 0 aliphatic rings. The van der Waals surface area contributed by atoms with E-state index < -0.39 is 0 Å². The lowest BCUT2D eigenvalue weighted by Crippen LogP contribution is -2.14. The van der Waals surface area contributed by atoms with Gasteiger partial charge in [0.2, 0.25) is 5.88 Å². The van der Waals surface area contributed by atoms with Crippen molar-refractivity contribution in [1.82, 2.24) is 19.3 Å². The quantitative estimate of drug-likeness (QED) is 0.471. The number of aliphatic hydroxyl groups excluding tert-OH is 1. The molecule has 0 fully saturated rings. The second-order valence-electron chi connectivity index (χ2n) is 5.90. The second kappa shape index (κ2) is 8.30. The van der Waals surface area contributed by atoms with Crippen molar-refractivity contribution in [2.24, 2.45) is 5.73 Å². The van der Waals surface area contributed by atoms with E-state index in [0.717, 1.165) is 16.6 Å². The van der Waals surface area contributed by atoms with Crippen molar-refractivity contribution >= 4 is 28.4 Å². The van der Waals surface area contributed by atoms with Crippen LogP contribution in [0.1, 0.15) is 25.2 Å². The fraction of sp³-hybridized carbons (Fsp3) is 0.143. The van der Waals surface area contributed by atoms with Crippen molar-refractivity contribution in [1.29, 1.82) is 0 Å². The molecule has 0 bridgehead atoms. The van der Waals surface area contributed by atoms with E-state index in [0.29, 0.717) is 12.4 Å². The Morgan fingerprint density at radius 1 is 1.00 bits per heavy atom. The number of fused-ring (bicyclic) bond motifs is 1. The first-order valence-corrected chi connectivity index (χ1v) is 9.13. The van der Waals surface area contributed by atoms with Gasteiger partial charge in [0, 0.05) is 12.6 Å². The molecule has 2 aromatic heterocycles. The summed E-state index contributed by atoms with van der Waals surface area (Å²) in [6.07, 6.45) is 1.49. The molecular weight excluding hydrogens is 352 g/mol. The topological polar surface area (TPSA) is 108 Å². The fourth-order valence-electron chi connectivity index (χ4n) is 2.91. The number of rotatable bonds is 4. The molecule has 0 amide bonds. The fourth-order valence-corrected chi connectivity index (χ4v) is 2.91. The van der Waals surface area contributed by atoms with Crippen LogP contribution in [0.4, 0.5) is 5.82 Å². The smallest absolute Gasteiger partial charge is 0.241 e. The Kier molecular flexibility index (Phi) is 5.64. The molecule has 0 unspecified atom stereocenters. The minimum absolute atomic E-state index is 0.104. The van der Waals surface area contributed by atoms with Crippen LogP contribution in [0.25, 0.3) is 22.6 Å². The van der Waals surface area contributed by atoms with Crippen LogP contribution in [0.5, 0.6) is 0 Å². The summed E-state index contributed by atoms with van der Waals surface area (Å²) in [7, 11) is 0. The lowest BCUT2D eigenvalue weighted by molar-refractivity contribution is 0.460. The van der Waals surface area contributed by atoms with Crippen LogP contribution >= 0.6 is 0 Å². The third kappa shape index (κ3) is 3.55. The van der Waals surface area contributed by atoms with E-state index in [1.54, 1.807) is 6.07 Å². The number of anilines is 1. The first-order valence-electron chi connectivity index (χ1n) is 9.13. The zero-order valence-corrected chi connectivity index (χ0v) is 15.9. The van der Waals surface area contributed by atoms with Crippen LogP contribution in [0.3, 0.4) is 0 Å². The highest BCUT2D eigenvalue weighted by Crippen LogP contribution is 2.23. The van der Waals surface area contributed by atoms with E-state index >= 15 is 0 Å². The van der Waals surface area contributed by atoms with Crippen molar-refractivity contribution < 1.29 is 5.11 Å². The number of imidazole rings is 1. The Labute approximate surface area is 163 Å². The van der Waals surface area contributed by atoms with Gasteiger partial charge in [0.25, 0.3) is 0 Å². The number of aliphatic hydroxyl groups is 1. The number of aromatic nitrogens is 4. The highest BCUT2D eigenvalue weighted by atomic mass is 16.3. The van der Waals surface area contributed by atoms with Gasteiger partial charge < -0.3 is 21.1 Å². The van der Waals surface area contributed by atoms with Crippen molar-refractivity contribution in [2.75, 3.05) is 5.73 Å². The van der Waals surface area contributed by atoms with Crippen molar-refractivity contribution in [3.8, 4) is 0 Å². The number of nitrogens with two attached hydrogens (primary N) is 2. The van der Waals surface area contributed by atoms with Crippen LogP contribution in [0.15, 0.2) is 66.9 Å². The first kappa shape index (κ1) is 19.0. The van der Waals surface area contributed by atoms with Crippen molar-refractivity contribution in [2.45, 2.75) is 20.4 Å². The van der Waals surface area contributed by atoms with Crippen LogP contribution in [-0.2, 0) is 6.54 Å². The number of nitrogens with zero attached hydrogens (tertiary/aromatic N) is 4. The van der Waals surface area contributed by atoms with E-state index in [1.165, 1.54) is 10.9 Å². The third-order valence-electron chi connectivity index (χ3n) is 4.19. The molecule has 28 heavy (non-hydrogen) atoms. The first-order chi connectivity index (χ1) is 13.6. The summed E-state index contributed by atoms with van der Waals surface area (Å²) in [5, 5.41) is 14.5. The van der Waals surface area contributed by atoms with Crippen LogP contribution < -0.4 is 11.5 Å². The molecule has 0 atom stereocenters. The van der Waals surface area contributed by atoms with Gasteiger partial charge in [0.1, 0.15) is 11.5 Å². The normalized spacial score (nSPS) is 11.6. The van der Waals surface area contributed by atoms with Gasteiger partial charge in [0.15, 0.2) is 5.82 Å². The van der Waals surface area contributed by atoms with Crippen molar-refractivity contribution in [3.05, 3.63) is 78.2 Å². The summed E-state index contributed by atoms with van der Waals surface area (Å²) in [6, 6.07) is 19.3. The number of hydrogen-bond donors (Lipinski definition) is 3. The lowest BCUT2D eigenvalue weighted by Gasteiger charge is -2.11. The van der Waals surface area contributed by atoms with Gasteiger partial charge in [-0.1, -0.05) is 56.3 Å². The van der Waals surface area contributed by atoms with Gasteiger partial charge in [-0.05, 0) is 17.7 Å². The molecule has 0 saturated carbocycles. The molecule has 4 aromatic rings. The molecular formula is C21H24N6O. The average molecular weight is 376 g/mol. The Hall–Kier alpha value is -3.74. The predicted octanol–water partition coefficient (Wildman–Crippen LogP) is 3.69. The standard InChI is InChI=1S/C19H18N6O.C2H6/c20-16-10-11-22-25(16)19(26)17(21)18-23-14-8-4-5-9-15(14)24(18)12-13-6-2-1-3-7-13;1-2/h1-11,26H,12,20-21H2;1-2H3/b19-17+;. The van der Waals surface area contributed by atoms with Gasteiger partial charge in [-0.25, -0.2) is 4.98 Å². The molecule has 0 spiro atoms. The van der Waals surface area contributed by atoms with Gasteiger partial charge >= 0.3 is 0 Å². The molecule has 7 nitrogen and oxygen atoms in total. The van der Waals surface area contributed by atoms with E-state index in [4.69, 9.17) is 11.5 Å². The van der Waals surface area contributed by atoms with E-state index in [1.807, 2.05) is 73.0 Å². The van der Waals surface area contributed by atoms with E-state index in [-0.39, 0.29) is 17.4 Å². The molecule has 4 rings (SSSR count). The minimum atomic E-state index is -0.253. The number of hydrogen-bond acceptors (Lipinski definition) is 5. The molecule has 5 N–H and O–H groups in total. The van der Waals surface area contributed by atoms with Crippen LogP contribution in [0.2, 0.25) is 0 Å². The summed E-state index contributed by atoms with van der Waals surface area (Å²) in [4.78, 5) is 4.61. The van der Waals surface area contributed by atoms with Crippen LogP contribution in [-0.4, -0.2) is 24.4 Å². The van der Waals surface area contributed by atoms with Gasteiger partial charge in [-0.2, -0.15) is 9.78 Å². The predicted molar refractivity (Wildman–Crippen MR) is 113 cm³/mol. The van der Waals surface area contributed by atoms with Gasteiger partial charge in [0.05, 0.1) is 17.2 Å². The molecule has 0 radical (unpaired) electrons. The average Bonchev–Trinajstić information content (AvgIpc) is 3.33. The summed E-state index contributed by atoms with van der Waals surface area (Å²) in [5.41, 5.74) is 15.0. The zero-order valence-electron chi connectivity index (χ0n) is 15.9. The maximum Gasteiger partial charge on any atom is 0.241 e. The summed E-state index contributed by atoms with van der Waals surface area (Å²) >= 11 is 0. The summed E-state index contributed by atoms with van der Waals surface area (Å²) < 4.78 is 3.15. The largest absolute Gasteiger partial charge is 0.492 e. The molecule has 7 heteroatoms. The molecule has 2 aromatic carbocycles. The summed E-state index contributed by atoms with van der Waals surface area (Å²) in [5.74, 6) is 0.496. The van der Waals surface area contributed by atoms with Crippen LogP contribution in [0, 0.1) is 0 Å². The van der Waals surface area contributed by atoms with Gasteiger partial charge in [-0.15, -0.1) is 0 Å². The minimum Gasteiger partial charge on any atom is -0.492 e. The molecule has 0 saturated heterocycles. The van der Waals surface area contributed by atoms with Gasteiger partial charge in [-0.3, -0.25) is 0 Å². The molecule has 0 aliphatic carbocycles. The Balaban J connectivity index is 0.00000109. The second-order valence-corrected chi connectivity index (χ2v) is 5.90. The third-order valence-corrected chi connectivity index (χ3v) is 4.19. The maximum atomic E-state index is 10.5. The highest BCUT2D eigenvalue weighted by molar-refractivity contribution is 5.83. The SMILES string of the molecule is CC.N/C(=C(/O)n1nccc1N)c1nc2ccccc2n1Cc1ccccc1. The van der Waals surface area contributed by atoms with E-state index in [2.05, 4.69) is 10.1 Å². The Morgan fingerprint density at radius 3 is 2.36 bits per heavy atom. The number of para-hydroxylation sites is 2. The number of nitrogen functional groups attached to an aromatic ring is 1.